The van der Waals surface area contributed by atoms with Gasteiger partial charge in [0.1, 0.15) is 6.04 Å². The summed E-state index contributed by atoms with van der Waals surface area (Å²) in [7, 11) is -1.07. The average Bonchev–Trinajstić information content (AvgIpc) is 1.96. The topological polar surface area (TPSA) is 66.4 Å². The standard InChI is InChI=1S/C8H15NO3S/c1-5-4-13(12)8(2,3)6(9-5)7(10)11/h5-6,9H,4H2,1-3H3,(H,10,11)/t5-,6-,13?/m1/s1. The van der Waals surface area contributed by atoms with Crippen LogP contribution < -0.4 is 5.32 Å². The van der Waals surface area contributed by atoms with Crippen molar-refractivity contribution < 1.29 is 14.1 Å². The molecule has 76 valence electrons. The molecule has 0 amide bonds. The molecule has 13 heavy (non-hydrogen) atoms. The van der Waals surface area contributed by atoms with Crippen molar-refractivity contribution in [2.45, 2.75) is 37.6 Å². The fourth-order valence-electron chi connectivity index (χ4n) is 1.48. The minimum Gasteiger partial charge on any atom is -0.480 e. The van der Waals surface area contributed by atoms with Crippen LogP contribution in [-0.2, 0) is 15.6 Å². The lowest BCUT2D eigenvalue weighted by Crippen LogP contribution is -2.62. The van der Waals surface area contributed by atoms with Crippen molar-refractivity contribution in [2.75, 3.05) is 5.75 Å². The number of hydrogen-bond acceptors (Lipinski definition) is 3. The van der Waals surface area contributed by atoms with Crippen molar-refractivity contribution in [3.63, 3.8) is 0 Å². The Kier molecular flexibility index (Phi) is 2.77. The van der Waals surface area contributed by atoms with Gasteiger partial charge in [-0.3, -0.25) is 14.3 Å². The van der Waals surface area contributed by atoms with E-state index in [0.717, 1.165) is 0 Å². The van der Waals surface area contributed by atoms with Crippen molar-refractivity contribution in [1.82, 2.24) is 5.32 Å². The molecule has 1 fully saturated rings. The molecule has 0 radical (unpaired) electrons. The predicted octanol–water partition coefficient (Wildman–Crippen LogP) is -0.0414. The summed E-state index contributed by atoms with van der Waals surface area (Å²) in [4.78, 5) is 10.9. The second kappa shape index (κ2) is 3.38. The number of carbonyl (C=O) groups is 1. The van der Waals surface area contributed by atoms with Gasteiger partial charge in [0.05, 0.1) is 4.75 Å². The Bertz CT molecular complexity index is 252. The van der Waals surface area contributed by atoms with Gasteiger partial charge < -0.3 is 5.11 Å². The summed E-state index contributed by atoms with van der Waals surface area (Å²) in [5, 5.41) is 11.9. The second-order valence-corrected chi connectivity index (χ2v) is 6.03. The number of rotatable bonds is 1. The summed E-state index contributed by atoms with van der Waals surface area (Å²) < 4.78 is 11.0. The molecule has 1 rings (SSSR count). The summed E-state index contributed by atoms with van der Waals surface area (Å²) in [6.45, 7) is 5.30. The van der Waals surface area contributed by atoms with Crippen LogP contribution in [0.5, 0.6) is 0 Å². The third-order valence-corrected chi connectivity index (χ3v) is 4.59. The van der Waals surface area contributed by atoms with E-state index in [0.29, 0.717) is 5.75 Å². The van der Waals surface area contributed by atoms with Gasteiger partial charge in [0.25, 0.3) is 0 Å². The van der Waals surface area contributed by atoms with Crippen molar-refractivity contribution in [2.24, 2.45) is 0 Å². The maximum Gasteiger partial charge on any atom is 0.322 e. The van der Waals surface area contributed by atoms with Crippen LogP contribution in [0.1, 0.15) is 20.8 Å². The molecule has 0 aromatic rings. The Labute approximate surface area is 80.2 Å². The quantitative estimate of drug-likeness (QED) is 0.630. The molecule has 0 aromatic carbocycles. The maximum atomic E-state index is 11.6. The first-order valence-corrected chi connectivity index (χ1v) is 5.55. The summed E-state index contributed by atoms with van der Waals surface area (Å²) in [5.41, 5.74) is 0. The van der Waals surface area contributed by atoms with Crippen LogP contribution in [0.2, 0.25) is 0 Å². The van der Waals surface area contributed by atoms with E-state index in [-0.39, 0.29) is 6.04 Å². The lowest BCUT2D eigenvalue weighted by Gasteiger charge is -2.38. The first-order valence-electron chi connectivity index (χ1n) is 4.23. The van der Waals surface area contributed by atoms with E-state index in [1.54, 1.807) is 13.8 Å². The van der Waals surface area contributed by atoms with Crippen LogP contribution in [0.25, 0.3) is 0 Å². The van der Waals surface area contributed by atoms with Gasteiger partial charge in [-0.15, -0.1) is 0 Å². The summed E-state index contributed by atoms with van der Waals surface area (Å²) >= 11 is 0. The largest absolute Gasteiger partial charge is 0.480 e. The smallest absolute Gasteiger partial charge is 0.322 e. The zero-order chi connectivity index (χ0) is 10.2. The van der Waals surface area contributed by atoms with Crippen LogP contribution in [-0.4, -0.2) is 37.9 Å². The highest BCUT2D eigenvalue weighted by atomic mass is 32.2. The molecule has 1 heterocycles. The highest BCUT2D eigenvalue weighted by Crippen LogP contribution is 2.23. The van der Waals surface area contributed by atoms with E-state index in [2.05, 4.69) is 5.32 Å². The Morgan fingerprint density at radius 3 is 2.62 bits per heavy atom. The molecule has 1 saturated heterocycles. The third-order valence-electron chi connectivity index (χ3n) is 2.38. The summed E-state index contributed by atoms with van der Waals surface area (Å²) in [5.74, 6) is -0.401. The molecule has 3 atom stereocenters. The van der Waals surface area contributed by atoms with Gasteiger partial charge >= 0.3 is 5.97 Å². The Morgan fingerprint density at radius 2 is 2.15 bits per heavy atom. The molecule has 0 saturated carbocycles. The number of carboxylic acid groups (broad SMARTS) is 1. The van der Waals surface area contributed by atoms with E-state index >= 15 is 0 Å². The monoisotopic (exact) mass is 205 g/mol. The number of nitrogens with one attached hydrogen (secondary N) is 1. The van der Waals surface area contributed by atoms with E-state index in [4.69, 9.17) is 5.11 Å². The molecule has 0 aliphatic carbocycles. The molecular weight excluding hydrogens is 190 g/mol. The number of aliphatic carboxylic acids is 1. The van der Waals surface area contributed by atoms with Crippen molar-refractivity contribution in [1.29, 1.82) is 0 Å². The summed E-state index contributed by atoms with van der Waals surface area (Å²) in [6.07, 6.45) is 0. The molecular formula is C8H15NO3S. The van der Waals surface area contributed by atoms with Gasteiger partial charge in [-0.05, 0) is 20.8 Å². The number of carboxylic acids is 1. The van der Waals surface area contributed by atoms with Crippen LogP contribution in [0.4, 0.5) is 0 Å². The number of hydrogen-bond donors (Lipinski definition) is 2. The third kappa shape index (κ3) is 1.91. The molecule has 1 aliphatic rings. The molecule has 4 nitrogen and oxygen atoms in total. The van der Waals surface area contributed by atoms with E-state index in [1.807, 2.05) is 6.92 Å². The van der Waals surface area contributed by atoms with Crippen molar-refractivity contribution in [3.05, 3.63) is 0 Å². The lowest BCUT2D eigenvalue weighted by molar-refractivity contribution is -0.140. The molecule has 0 aromatic heterocycles. The Morgan fingerprint density at radius 1 is 1.62 bits per heavy atom. The SMILES string of the molecule is C[C@@H]1CS(=O)C(C)(C)[C@@H](C(=O)O)N1. The fraction of sp³-hybridized carbons (Fsp3) is 0.875. The molecule has 0 spiro atoms. The highest BCUT2D eigenvalue weighted by Gasteiger charge is 2.44. The Balaban J connectivity index is 2.92. The molecule has 5 heteroatoms. The second-order valence-electron chi connectivity index (χ2n) is 3.95. The van der Waals surface area contributed by atoms with Crippen molar-refractivity contribution >= 4 is 16.8 Å². The lowest BCUT2D eigenvalue weighted by atomic mass is 10.0. The van der Waals surface area contributed by atoms with Gasteiger partial charge in [0.15, 0.2) is 0 Å². The first kappa shape index (κ1) is 10.7. The zero-order valence-corrected chi connectivity index (χ0v) is 8.85. The average molecular weight is 205 g/mol. The van der Waals surface area contributed by atoms with Crippen molar-refractivity contribution in [3.8, 4) is 0 Å². The van der Waals surface area contributed by atoms with Crippen LogP contribution in [0.15, 0.2) is 0 Å². The van der Waals surface area contributed by atoms with Crippen LogP contribution in [0.3, 0.4) is 0 Å². The Hall–Kier alpha value is -0.420. The minimum absolute atomic E-state index is 0.00922. The van der Waals surface area contributed by atoms with Gasteiger partial charge in [-0.25, -0.2) is 0 Å². The van der Waals surface area contributed by atoms with Gasteiger partial charge in [-0.2, -0.15) is 0 Å². The van der Waals surface area contributed by atoms with Crippen LogP contribution >= 0.6 is 0 Å². The predicted molar refractivity (Wildman–Crippen MR) is 51.1 cm³/mol. The van der Waals surface area contributed by atoms with Gasteiger partial charge in [-0.1, -0.05) is 0 Å². The van der Waals surface area contributed by atoms with E-state index in [1.165, 1.54) is 0 Å². The molecule has 0 bridgehead atoms. The minimum atomic E-state index is -1.07. The first-order chi connectivity index (χ1) is 5.85. The molecule has 1 unspecified atom stereocenters. The van der Waals surface area contributed by atoms with Gasteiger partial charge in [0, 0.05) is 22.6 Å². The zero-order valence-electron chi connectivity index (χ0n) is 8.03. The molecule has 2 N–H and O–H groups in total. The molecule has 1 aliphatic heterocycles. The van der Waals surface area contributed by atoms with Gasteiger partial charge in [0.2, 0.25) is 0 Å². The summed E-state index contributed by atoms with van der Waals surface area (Å²) in [6, 6.07) is -0.702. The normalized spacial score (nSPS) is 38.5. The van der Waals surface area contributed by atoms with Crippen LogP contribution in [0, 0.1) is 0 Å². The fourth-order valence-corrected chi connectivity index (χ4v) is 2.89. The highest BCUT2D eigenvalue weighted by molar-refractivity contribution is 7.86. The maximum absolute atomic E-state index is 11.6. The van der Waals surface area contributed by atoms with E-state index in [9.17, 15) is 9.00 Å². The van der Waals surface area contributed by atoms with E-state index < -0.39 is 27.6 Å².